The van der Waals surface area contributed by atoms with E-state index in [9.17, 15) is 4.79 Å². The monoisotopic (exact) mass is 490 g/mol. The van der Waals surface area contributed by atoms with Crippen molar-refractivity contribution in [1.82, 2.24) is 5.43 Å². The normalized spacial score (nSPS) is 10.9. The molecule has 0 saturated heterocycles. The highest BCUT2D eigenvalue weighted by atomic mass is 79.9. The summed E-state index contributed by atoms with van der Waals surface area (Å²) in [5, 5.41) is 6.01. The van der Waals surface area contributed by atoms with Crippen molar-refractivity contribution in [3.8, 4) is 11.5 Å². The highest BCUT2D eigenvalue weighted by Gasteiger charge is 2.09. The Kier molecular flexibility index (Phi) is 6.47. The first-order valence-corrected chi connectivity index (χ1v) is 9.62. The zero-order chi connectivity index (χ0) is 19.2. The predicted molar refractivity (Wildman–Crippen MR) is 114 cm³/mol. The van der Waals surface area contributed by atoms with Gasteiger partial charge >= 0.3 is 0 Å². The third-order valence-corrected chi connectivity index (χ3v) is 5.05. The number of nitrogens with zero attached hydrogens (tertiary/aromatic N) is 1. The maximum atomic E-state index is 12.0. The van der Waals surface area contributed by atoms with E-state index in [1.165, 1.54) is 0 Å². The summed E-state index contributed by atoms with van der Waals surface area (Å²) >= 11 is 6.99. The van der Waals surface area contributed by atoms with E-state index in [1.807, 2.05) is 54.6 Å². The Bertz CT molecular complexity index is 1010. The Hall–Kier alpha value is -2.38. The lowest BCUT2D eigenvalue weighted by molar-refractivity contribution is -0.123. The van der Waals surface area contributed by atoms with E-state index < -0.39 is 0 Å². The second-order valence-electron chi connectivity index (χ2n) is 5.60. The largest absolute Gasteiger partial charge is 0.497 e. The molecule has 0 radical (unpaired) electrons. The summed E-state index contributed by atoms with van der Waals surface area (Å²) in [7, 11) is 1.60. The molecule has 0 aliphatic heterocycles. The molecule has 0 fully saturated rings. The van der Waals surface area contributed by atoms with Gasteiger partial charge in [-0.05, 0) is 62.6 Å². The number of hydrazone groups is 1. The molecular formula is C20H16Br2N2O3. The summed E-state index contributed by atoms with van der Waals surface area (Å²) in [6, 6.07) is 17.1. The average molecular weight is 492 g/mol. The van der Waals surface area contributed by atoms with E-state index >= 15 is 0 Å². The molecular weight excluding hydrogens is 476 g/mol. The number of carbonyl (C=O) groups is 1. The van der Waals surface area contributed by atoms with Crippen LogP contribution in [-0.2, 0) is 4.79 Å². The number of amides is 1. The van der Waals surface area contributed by atoms with Gasteiger partial charge in [-0.25, -0.2) is 5.43 Å². The first kappa shape index (κ1) is 19.4. The molecule has 0 bridgehead atoms. The van der Waals surface area contributed by atoms with E-state index in [-0.39, 0.29) is 12.5 Å². The lowest BCUT2D eigenvalue weighted by Crippen LogP contribution is -2.24. The number of carbonyl (C=O) groups excluding carboxylic acids is 1. The first-order valence-electron chi connectivity index (χ1n) is 8.03. The first-order chi connectivity index (χ1) is 13.1. The van der Waals surface area contributed by atoms with Gasteiger partial charge in [0.05, 0.1) is 17.8 Å². The molecule has 0 atom stereocenters. The highest BCUT2D eigenvalue weighted by molar-refractivity contribution is 9.11. The van der Waals surface area contributed by atoms with Crippen LogP contribution in [0.25, 0.3) is 10.8 Å². The third kappa shape index (κ3) is 5.08. The van der Waals surface area contributed by atoms with Gasteiger partial charge in [-0.2, -0.15) is 5.10 Å². The Morgan fingerprint density at radius 3 is 2.81 bits per heavy atom. The summed E-state index contributed by atoms with van der Waals surface area (Å²) in [6.07, 6.45) is 1.55. The molecule has 0 heterocycles. The molecule has 3 rings (SSSR count). The van der Waals surface area contributed by atoms with Gasteiger partial charge in [0, 0.05) is 4.47 Å². The molecule has 0 spiro atoms. The van der Waals surface area contributed by atoms with Crippen LogP contribution in [0.1, 0.15) is 5.56 Å². The van der Waals surface area contributed by atoms with Crippen molar-refractivity contribution in [2.75, 3.05) is 13.7 Å². The Balaban J connectivity index is 1.59. The minimum Gasteiger partial charge on any atom is -0.497 e. The maximum Gasteiger partial charge on any atom is 0.277 e. The number of hydrogen-bond donors (Lipinski definition) is 1. The van der Waals surface area contributed by atoms with Crippen LogP contribution in [0.4, 0.5) is 0 Å². The van der Waals surface area contributed by atoms with Gasteiger partial charge in [-0.3, -0.25) is 4.79 Å². The number of benzene rings is 3. The standard InChI is InChI=1S/C20H16Br2N2O3/c1-26-16-4-2-3-13(9-16)11-23-24-19(25)12-27-18-8-5-14-10-15(21)6-7-17(14)20(18)22/h2-11H,12H2,1H3,(H,24,25). The van der Waals surface area contributed by atoms with E-state index in [0.717, 1.165) is 31.0 Å². The van der Waals surface area contributed by atoms with Crippen molar-refractivity contribution in [3.05, 3.63) is 69.1 Å². The molecule has 5 nitrogen and oxygen atoms in total. The summed E-state index contributed by atoms with van der Waals surface area (Å²) in [6.45, 7) is -0.143. The van der Waals surface area contributed by atoms with E-state index in [2.05, 4.69) is 42.4 Å². The van der Waals surface area contributed by atoms with Crippen molar-refractivity contribution in [3.63, 3.8) is 0 Å². The fraction of sp³-hybridized carbons (Fsp3) is 0.100. The van der Waals surface area contributed by atoms with Gasteiger partial charge in [-0.15, -0.1) is 0 Å². The molecule has 7 heteroatoms. The Morgan fingerprint density at radius 1 is 1.15 bits per heavy atom. The predicted octanol–water partition coefficient (Wildman–Crippen LogP) is 4.90. The molecule has 0 saturated carbocycles. The van der Waals surface area contributed by atoms with Crippen molar-refractivity contribution < 1.29 is 14.3 Å². The second-order valence-corrected chi connectivity index (χ2v) is 7.31. The highest BCUT2D eigenvalue weighted by Crippen LogP contribution is 2.34. The summed E-state index contributed by atoms with van der Waals surface area (Å²) < 4.78 is 12.6. The van der Waals surface area contributed by atoms with Gasteiger partial charge < -0.3 is 9.47 Å². The van der Waals surface area contributed by atoms with Crippen molar-refractivity contribution in [2.24, 2.45) is 5.10 Å². The number of hydrogen-bond acceptors (Lipinski definition) is 4. The molecule has 3 aromatic carbocycles. The van der Waals surface area contributed by atoms with Crippen LogP contribution in [0, 0.1) is 0 Å². The van der Waals surface area contributed by atoms with Crippen molar-refractivity contribution >= 4 is 54.8 Å². The van der Waals surface area contributed by atoms with E-state index in [4.69, 9.17) is 9.47 Å². The summed E-state index contributed by atoms with van der Waals surface area (Å²) in [4.78, 5) is 12.0. The summed E-state index contributed by atoms with van der Waals surface area (Å²) in [5.74, 6) is 0.968. The number of rotatable bonds is 6. The Morgan fingerprint density at radius 2 is 2.00 bits per heavy atom. The SMILES string of the molecule is COc1cccc(C=NNC(=O)COc2ccc3cc(Br)ccc3c2Br)c1. The van der Waals surface area contributed by atoms with Crippen LogP contribution in [0.15, 0.2) is 68.6 Å². The van der Waals surface area contributed by atoms with E-state index in [0.29, 0.717) is 5.75 Å². The number of fused-ring (bicyclic) bond motifs is 1. The molecule has 1 amide bonds. The van der Waals surface area contributed by atoms with Gasteiger partial charge in [0.2, 0.25) is 0 Å². The van der Waals surface area contributed by atoms with Crippen LogP contribution >= 0.6 is 31.9 Å². The number of methoxy groups -OCH3 is 1. The quantitative estimate of drug-likeness (QED) is 0.394. The minimum atomic E-state index is -0.350. The number of nitrogens with one attached hydrogen (secondary N) is 1. The van der Waals surface area contributed by atoms with Crippen LogP contribution in [-0.4, -0.2) is 25.8 Å². The Labute approximate surface area is 173 Å². The van der Waals surface area contributed by atoms with Crippen LogP contribution in [0.5, 0.6) is 11.5 Å². The van der Waals surface area contributed by atoms with Crippen LogP contribution in [0.3, 0.4) is 0 Å². The lowest BCUT2D eigenvalue weighted by atomic mass is 10.1. The molecule has 1 N–H and O–H groups in total. The average Bonchev–Trinajstić information content (AvgIpc) is 2.67. The fourth-order valence-electron chi connectivity index (χ4n) is 2.43. The number of ether oxygens (including phenoxy) is 2. The molecule has 0 aliphatic carbocycles. The zero-order valence-electron chi connectivity index (χ0n) is 14.4. The summed E-state index contributed by atoms with van der Waals surface area (Å²) in [5.41, 5.74) is 3.26. The number of halogens is 2. The smallest absolute Gasteiger partial charge is 0.277 e. The molecule has 3 aromatic rings. The van der Waals surface area contributed by atoms with Gasteiger partial charge in [0.25, 0.3) is 5.91 Å². The van der Waals surface area contributed by atoms with Crippen LogP contribution < -0.4 is 14.9 Å². The maximum absolute atomic E-state index is 12.0. The van der Waals surface area contributed by atoms with Gasteiger partial charge in [-0.1, -0.05) is 40.2 Å². The molecule has 138 valence electrons. The van der Waals surface area contributed by atoms with E-state index in [1.54, 1.807) is 13.3 Å². The molecule has 0 unspecified atom stereocenters. The molecule has 0 aliphatic rings. The van der Waals surface area contributed by atoms with Gasteiger partial charge in [0.1, 0.15) is 11.5 Å². The lowest BCUT2D eigenvalue weighted by Gasteiger charge is -2.10. The second kappa shape index (κ2) is 9.01. The van der Waals surface area contributed by atoms with Crippen LogP contribution in [0.2, 0.25) is 0 Å². The molecule has 27 heavy (non-hydrogen) atoms. The van der Waals surface area contributed by atoms with Crippen molar-refractivity contribution in [2.45, 2.75) is 0 Å². The fourth-order valence-corrected chi connectivity index (χ4v) is 3.42. The van der Waals surface area contributed by atoms with Crippen molar-refractivity contribution in [1.29, 1.82) is 0 Å². The topological polar surface area (TPSA) is 59.9 Å². The zero-order valence-corrected chi connectivity index (χ0v) is 17.6. The minimum absolute atomic E-state index is 0.143. The third-order valence-electron chi connectivity index (χ3n) is 3.74. The molecule has 0 aromatic heterocycles. The van der Waals surface area contributed by atoms with Gasteiger partial charge in [0.15, 0.2) is 6.61 Å².